The molecule has 0 bridgehead atoms. The summed E-state index contributed by atoms with van der Waals surface area (Å²) >= 11 is 0. The summed E-state index contributed by atoms with van der Waals surface area (Å²) in [6, 6.07) is 0. The monoisotopic (exact) mass is 264 g/mol. The Hall–Kier alpha value is -2.38. The lowest BCUT2D eigenvalue weighted by Crippen LogP contribution is -1.91. The van der Waals surface area contributed by atoms with Crippen LogP contribution in [0.15, 0.2) is 12.2 Å². The van der Waals surface area contributed by atoms with Crippen LogP contribution in [0.4, 0.5) is 0 Å². The van der Waals surface area contributed by atoms with Crippen LogP contribution in [0, 0.1) is 0 Å². The maximum absolute atomic E-state index is 9.55. The van der Waals surface area contributed by atoms with Gasteiger partial charge in [0, 0.05) is 25.0 Å². The molecular formula is C10H16O8. The van der Waals surface area contributed by atoms with Gasteiger partial charge < -0.3 is 20.4 Å². The Labute approximate surface area is 103 Å². The topological polar surface area (TPSA) is 149 Å². The summed E-state index contributed by atoms with van der Waals surface area (Å²) in [5, 5.41) is 31.1. The zero-order valence-electron chi connectivity index (χ0n) is 9.99. The number of carboxylic acid groups (broad SMARTS) is 4. The van der Waals surface area contributed by atoms with Crippen LogP contribution < -0.4 is 0 Å². The Morgan fingerprint density at radius 1 is 0.722 bits per heavy atom. The van der Waals surface area contributed by atoms with Crippen LogP contribution in [-0.2, 0) is 19.2 Å². The average molecular weight is 264 g/mol. The SMILES string of the molecule is CCC(=O)O.CCC(=O)O.O=C(O)/C=C/C(=O)O. The van der Waals surface area contributed by atoms with Crippen molar-refractivity contribution in [3.63, 3.8) is 0 Å². The second-order valence-corrected chi connectivity index (χ2v) is 2.50. The molecule has 0 spiro atoms. The Bertz CT molecular complexity index is 275. The highest BCUT2D eigenvalue weighted by Gasteiger charge is 1.88. The van der Waals surface area contributed by atoms with E-state index in [2.05, 4.69) is 0 Å². The van der Waals surface area contributed by atoms with E-state index in [1.165, 1.54) is 0 Å². The summed E-state index contributed by atoms with van der Waals surface area (Å²) < 4.78 is 0. The first-order chi connectivity index (χ1) is 8.17. The molecule has 0 amide bonds. The molecule has 0 saturated heterocycles. The molecular weight excluding hydrogens is 248 g/mol. The highest BCUT2D eigenvalue weighted by molar-refractivity contribution is 5.89. The van der Waals surface area contributed by atoms with Gasteiger partial charge in [0.25, 0.3) is 0 Å². The zero-order chi connectivity index (χ0) is 15.1. The number of rotatable bonds is 4. The average Bonchev–Trinajstić information content (AvgIpc) is 2.27. The van der Waals surface area contributed by atoms with E-state index in [0.717, 1.165) is 0 Å². The normalized spacial score (nSPS) is 8.33. The number of carboxylic acids is 4. The largest absolute Gasteiger partial charge is 0.481 e. The van der Waals surface area contributed by atoms with E-state index in [1.54, 1.807) is 13.8 Å². The first-order valence-electron chi connectivity index (χ1n) is 4.74. The highest BCUT2D eigenvalue weighted by Crippen LogP contribution is 1.70. The van der Waals surface area contributed by atoms with Crippen molar-refractivity contribution in [2.75, 3.05) is 0 Å². The van der Waals surface area contributed by atoms with Crippen molar-refractivity contribution < 1.29 is 39.6 Å². The van der Waals surface area contributed by atoms with Gasteiger partial charge >= 0.3 is 23.9 Å². The molecule has 0 aliphatic heterocycles. The Morgan fingerprint density at radius 2 is 0.889 bits per heavy atom. The minimum absolute atomic E-state index is 0.222. The van der Waals surface area contributed by atoms with E-state index < -0.39 is 23.9 Å². The number of hydrogen-bond acceptors (Lipinski definition) is 4. The van der Waals surface area contributed by atoms with E-state index in [1.807, 2.05) is 0 Å². The summed E-state index contributed by atoms with van der Waals surface area (Å²) in [6.45, 7) is 3.20. The molecule has 104 valence electrons. The van der Waals surface area contributed by atoms with Crippen LogP contribution in [0.3, 0.4) is 0 Å². The van der Waals surface area contributed by atoms with Crippen molar-refractivity contribution in [1.82, 2.24) is 0 Å². The molecule has 0 heterocycles. The van der Waals surface area contributed by atoms with Crippen molar-refractivity contribution in [1.29, 1.82) is 0 Å². The van der Waals surface area contributed by atoms with E-state index in [4.69, 9.17) is 20.4 Å². The predicted molar refractivity (Wildman–Crippen MR) is 60.3 cm³/mol. The summed E-state index contributed by atoms with van der Waals surface area (Å²) in [7, 11) is 0. The lowest BCUT2D eigenvalue weighted by molar-refractivity contribution is -0.137. The lowest BCUT2D eigenvalue weighted by Gasteiger charge is -1.74. The van der Waals surface area contributed by atoms with Gasteiger partial charge in [-0.3, -0.25) is 9.59 Å². The number of aliphatic carboxylic acids is 4. The van der Waals surface area contributed by atoms with Gasteiger partial charge in [-0.2, -0.15) is 0 Å². The molecule has 0 saturated carbocycles. The van der Waals surface area contributed by atoms with Gasteiger partial charge in [0.15, 0.2) is 0 Å². The van der Waals surface area contributed by atoms with Gasteiger partial charge in [0.2, 0.25) is 0 Å². The van der Waals surface area contributed by atoms with Gasteiger partial charge in [-0.15, -0.1) is 0 Å². The maximum atomic E-state index is 9.55. The maximum Gasteiger partial charge on any atom is 0.328 e. The first-order valence-corrected chi connectivity index (χ1v) is 4.74. The van der Waals surface area contributed by atoms with Crippen molar-refractivity contribution in [3.05, 3.63) is 12.2 Å². The summed E-state index contributed by atoms with van der Waals surface area (Å²) in [5.74, 6) is -4.00. The second-order valence-electron chi connectivity index (χ2n) is 2.50. The molecule has 0 rings (SSSR count). The van der Waals surface area contributed by atoms with E-state index in [9.17, 15) is 19.2 Å². The predicted octanol–water partition coefficient (Wildman–Crippen LogP) is 0.674. The number of hydrogen-bond donors (Lipinski definition) is 4. The molecule has 0 fully saturated rings. The second kappa shape index (κ2) is 14.6. The van der Waals surface area contributed by atoms with Crippen LogP contribution in [0.2, 0.25) is 0 Å². The molecule has 8 nitrogen and oxygen atoms in total. The van der Waals surface area contributed by atoms with Crippen LogP contribution in [0.5, 0.6) is 0 Å². The van der Waals surface area contributed by atoms with Crippen LogP contribution >= 0.6 is 0 Å². The van der Waals surface area contributed by atoms with E-state index in [-0.39, 0.29) is 12.8 Å². The van der Waals surface area contributed by atoms with Gasteiger partial charge in [-0.1, -0.05) is 13.8 Å². The molecule has 0 aromatic rings. The molecule has 0 radical (unpaired) electrons. The Morgan fingerprint density at radius 3 is 0.944 bits per heavy atom. The van der Waals surface area contributed by atoms with Crippen LogP contribution in [-0.4, -0.2) is 44.3 Å². The van der Waals surface area contributed by atoms with Gasteiger partial charge in [0.1, 0.15) is 0 Å². The van der Waals surface area contributed by atoms with Crippen molar-refractivity contribution >= 4 is 23.9 Å². The molecule has 8 heteroatoms. The van der Waals surface area contributed by atoms with E-state index >= 15 is 0 Å². The van der Waals surface area contributed by atoms with Gasteiger partial charge in [0.05, 0.1) is 0 Å². The quantitative estimate of drug-likeness (QED) is 0.541. The van der Waals surface area contributed by atoms with E-state index in [0.29, 0.717) is 12.2 Å². The lowest BCUT2D eigenvalue weighted by atomic mass is 10.5. The van der Waals surface area contributed by atoms with Crippen LogP contribution in [0.1, 0.15) is 26.7 Å². The summed E-state index contributed by atoms with van der Waals surface area (Å²) in [6.07, 6.45) is 1.56. The molecule has 0 unspecified atom stereocenters. The third-order valence-corrected chi connectivity index (χ3v) is 0.973. The first kappa shape index (κ1) is 21.0. The summed E-state index contributed by atoms with van der Waals surface area (Å²) in [4.78, 5) is 37.8. The molecule has 0 aliphatic carbocycles. The molecule has 0 aliphatic rings. The fraction of sp³-hybridized carbons (Fsp3) is 0.400. The smallest absolute Gasteiger partial charge is 0.328 e. The fourth-order valence-electron chi connectivity index (χ4n) is 0.143. The van der Waals surface area contributed by atoms with Crippen LogP contribution in [0.25, 0.3) is 0 Å². The third-order valence-electron chi connectivity index (χ3n) is 0.973. The van der Waals surface area contributed by atoms with Gasteiger partial charge in [-0.25, -0.2) is 9.59 Å². The minimum Gasteiger partial charge on any atom is -0.481 e. The molecule has 4 N–H and O–H groups in total. The Balaban J connectivity index is -0.000000197. The molecule has 0 atom stereocenters. The molecule has 0 aromatic heterocycles. The van der Waals surface area contributed by atoms with Crippen molar-refractivity contribution in [3.8, 4) is 0 Å². The number of carbonyl (C=O) groups is 4. The highest BCUT2D eigenvalue weighted by atomic mass is 16.4. The fourth-order valence-corrected chi connectivity index (χ4v) is 0.143. The minimum atomic E-state index is -1.26. The summed E-state index contributed by atoms with van der Waals surface area (Å²) in [5.41, 5.74) is 0. The molecule has 18 heavy (non-hydrogen) atoms. The van der Waals surface area contributed by atoms with Crippen molar-refractivity contribution in [2.45, 2.75) is 26.7 Å². The third kappa shape index (κ3) is 49.5. The zero-order valence-corrected chi connectivity index (χ0v) is 9.99. The van der Waals surface area contributed by atoms with Gasteiger partial charge in [-0.05, 0) is 0 Å². The molecule has 0 aromatic carbocycles. The van der Waals surface area contributed by atoms with Crippen molar-refractivity contribution in [2.24, 2.45) is 0 Å². The standard InChI is InChI=1S/C4H4O4.2C3H6O2/c5-3(6)1-2-4(7)8;2*1-2-3(4)5/h1-2H,(H,5,6)(H,7,8);2*2H2,1H3,(H,4,5)/b2-1+;;. The Kier molecular flexibility index (Phi) is 17.0.